The van der Waals surface area contributed by atoms with Gasteiger partial charge in [0.25, 0.3) is 10.0 Å². The molecule has 0 saturated heterocycles. The summed E-state index contributed by atoms with van der Waals surface area (Å²) in [5.41, 5.74) is 0.0842. The third-order valence-corrected chi connectivity index (χ3v) is 8.16. The van der Waals surface area contributed by atoms with E-state index in [1.165, 1.54) is 49.4 Å². The van der Waals surface area contributed by atoms with E-state index < -0.39 is 33.8 Å². The van der Waals surface area contributed by atoms with E-state index in [-0.39, 0.29) is 15.6 Å². The molecule has 0 radical (unpaired) electrons. The Morgan fingerprint density at radius 2 is 1.41 bits per heavy atom. The minimum absolute atomic E-state index is 0.182. The third-order valence-electron chi connectivity index (χ3n) is 5.06. The van der Waals surface area contributed by atoms with Crippen LogP contribution in [0.25, 0.3) is 0 Å². The predicted octanol–water partition coefficient (Wildman–Crippen LogP) is 6.90. The smallest absolute Gasteiger partial charge is 0.265 e. The molecule has 1 unspecified atom stereocenters. The zero-order chi connectivity index (χ0) is 25.2. The predicted molar refractivity (Wildman–Crippen MR) is 135 cm³/mol. The minimum atomic E-state index is -4.41. The SMILES string of the molecule is CC(NC(=O)[C@@H](C)N(c1cccc(Cl)c1F)S(=O)(=O)c1ccc(Cl)cc1)c1c(Cl)cccc1Cl. The average molecular weight is 564 g/mol. The van der Waals surface area contributed by atoms with Crippen LogP contribution in [0.4, 0.5) is 10.1 Å². The summed E-state index contributed by atoms with van der Waals surface area (Å²) in [6.45, 7) is 2.99. The van der Waals surface area contributed by atoms with Crippen LogP contribution in [0.2, 0.25) is 20.1 Å². The topological polar surface area (TPSA) is 66.5 Å². The van der Waals surface area contributed by atoms with Crippen LogP contribution in [-0.2, 0) is 14.8 Å². The van der Waals surface area contributed by atoms with Gasteiger partial charge in [-0.3, -0.25) is 9.10 Å². The molecule has 2 atom stereocenters. The number of anilines is 1. The highest BCUT2D eigenvalue weighted by molar-refractivity contribution is 7.93. The van der Waals surface area contributed by atoms with Crippen LogP contribution in [0.15, 0.2) is 65.6 Å². The minimum Gasteiger partial charge on any atom is -0.348 e. The largest absolute Gasteiger partial charge is 0.348 e. The molecule has 0 aliphatic heterocycles. The molecule has 0 heterocycles. The first-order valence-electron chi connectivity index (χ1n) is 9.93. The highest BCUT2D eigenvalue weighted by Crippen LogP contribution is 2.34. The quantitative estimate of drug-likeness (QED) is 0.340. The van der Waals surface area contributed by atoms with Crippen molar-refractivity contribution in [3.63, 3.8) is 0 Å². The molecule has 0 aliphatic rings. The molecule has 34 heavy (non-hydrogen) atoms. The van der Waals surface area contributed by atoms with Gasteiger partial charge in [0.15, 0.2) is 5.82 Å². The standard InChI is InChI=1S/C23H19Cl4FN2O3S/c1-13(21-17(25)5-3-6-18(21)26)29-23(31)14(2)30(20-8-4-7-19(27)22(20)28)34(32,33)16-11-9-15(24)10-12-16/h3-14H,1-2H3,(H,29,31)/t13?,14-/m1/s1. The molecule has 5 nitrogen and oxygen atoms in total. The van der Waals surface area contributed by atoms with Gasteiger partial charge in [0.05, 0.1) is 21.6 Å². The van der Waals surface area contributed by atoms with Crippen molar-refractivity contribution in [3.05, 3.63) is 92.1 Å². The van der Waals surface area contributed by atoms with Crippen LogP contribution in [-0.4, -0.2) is 20.4 Å². The van der Waals surface area contributed by atoms with Crippen LogP contribution in [0.5, 0.6) is 0 Å². The summed E-state index contributed by atoms with van der Waals surface area (Å²) in [4.78, 5) is 13.0. The van der Waals surface area contributed by atoms with E-state index in [1.807, 2.05) is 0 Å². The molecule has 0 spiro atoms. The number of nitrogens with zero attached hydrogens (tertiary/aromatic N) is 1. The molecule has 0 bridgehead atoms. The Kier molecular flexibility index (Phi) is 8.37. The lowest BCUT2D eigenvalue weighted by molar-refractivity contribution is -0.122. The lowest BCUT2D eigenvalue weighted by Gasteiger charge is -2.31. The summed E-state index contributed by atoms with van der Waals surface area (Å²) in [7, 11) is -4.41. The van der Waals surface area contributed by atoms with Crippen LogP contribution in [0.1, 0.15) is 25.5 Å². The molecule has 3 aromatic carbocycles. The summed E-state index contributed by atoms with van der Waals surface area (Å²) >= 11 is 24.3. The van der Waals surface area contributed by atoms with E-state index in [4.69, 9.17) is 46.4 Å². The molecule has 1 N–H and O–H groups in total. The van der Waals surface area contributed by atoms with Gasteiger partial charge in [-0.2, -0.15) is 0 Å². The highest BCUT2D eigenvalue weighted by Gasteiger charge is 2.36. The zero-order valence-corrected chi connectivity index (χ0v) is 21.7. The number of rotatable bonds is 7. The molecule has 1 amide bonds. The van der Waals surface area contributed by atoms with Gasteiger partial charge in [0.1, 0.15) is 6.04 Å². The first-order valence-corrected chi connectivity index (χ1v) is 12.9. The van der Waals surface area contributed by atoms with Gasteiger partial charge >= 0.3 is 0 Å². The van der Waals surface area contributed by atoms with Crippen molar-refractivity contribution >= 4 is 68.0 Å². The van der Waals surface area contributed by atoms with Crippen molar-refractivity contribution < 1.29 is 17.6 Å². The molecule has 0 aliphatic carbocycles. The van der Waals surface area contributed by atoms with Crippen molar-refractivity contribution in [2.45, 2.75) is 30.8 Å². The summed E-state index contributed by atoms with van der Waals surface area (Å²) in [6, 6.07) is 12.1. The molecule has 0 saturated carbocycles. The molecule has 11 heteroatoms. The molecular weight excluding hydrogens is 545 g/mol. The van der Waals surface area contributed by atoms with E-state index >= 15 is 0 Å². The fourth-order valence-corrected chi connectivity index (χ4v) is 6.01. The number of nitrogens with one attached hydrogen (secondary N) is 1. The maximum atomic E-state index is 15.0. The molecule has 180 valence electrons. The number of amides is 1. The van der Waals surface area contributed by atoms with Crippen LogP contribution in [0, 0.1) is 5.82 Å². The van der Waals surface area contributed by atoms with Crippen molar-refractivity contribution in [2.24, 2.45) is 0 Å². The van der Waals surface area contributed by atoms with Crippen LogP contribution < -0.4 is 9.62 Å². The van der Waals surface area contributed by atoms with E-state index in [0.29, 0.717) is 24.9 Å². The zero-order valence-electron chi connectivity index (χ0n) is 17.9. The second-order valence-electron chi connectivity index (χ2n) is 7.37. The van der Waals surface area contributed by atoms with Crippen molar-refractivity contribution in [2.75, 3.05) is 4.31 Å². The van der Waals surface area contributed by atoms with Gasteiger partial charge in [-0.15, -0.1) is 0 Å². The van der Waals surface area contributed by atoms with Crippen molar-refractivity contribution in [1.82, 2.24) is 5.32 Å². The fraction of sp³-hybridized carbons (Fsp3) is 0.174. The second kappa shape index (κ2) is 10.7. The normalized spacial score (nSPS) is 13.3. The monoisotopic (exact) mass is 562 g/mol. The van der Waals surface area contributed by atoms with Gasteiger partial charge in [-0.1, -0.05) is 58.5 Å². The summed E-state index contributed by atoms with van der Waals surface area (Å²) in [5, 5.41) is 3.39. The first kappa shape index (κ1) is 26.6. The molecule has 0 aromatic heterocycles. The number of halogens is 5. The number of hydrogen-bond acceptors (Lipinski definition) is 3. The maximum Gasteiger partial charge on any atom is 0.265 e. The van der Waals surface area contributed by atoms with E-state index in [9.17, 15) is 17.6 Å². The molecule has 0 fully saturated rings. The average Bonchev–Trinajstić information content (AvgIpc) is 2.76. The molecule has 3 aromatic rings. The van der Waals surface area contributed by atoms with E-state index in [2.05, 4.69) is 5.32 Å². The highest BCUT2D eigenvalue weighted by atomic mass is 35.5. The first-order chi connectivity index (χ1) is 15.9. The summed E-state index contributed by atoms with van der Waals surface area (Å²) in [6.07, 6.45) is 0. The molecular formula is C23H19Cl4FN2O3S. The van der Waals surface area contributed by atoms with Gasteiger partial charge in [-0.05, 0) is 62.4 Å². The Morgan fingerprint density at radius 3 is 2.00 bits per heavy atom. The Morgan fingerprint density at radius 1 is 0.882 bits per heavy atom. The van der Waals surface area contributed by atoms with Gasteiger partial charge in [0.2, 0.25) is 5.91 Å². The number of carbonyl (C=O) groups is 1. The Balaban J connectivity index is 2.04. The van der Waals surface area contributed by atoms with Crippen LogP contribution in [0.3, 0.4) is 0 Å². The number of sulfonamides is 1. The number of benzene rings is 3. The van der Waals surface area contributed by atoms with Crippen molar-refractivity contribution in [1.29, 1.82) is 0 Å². The third kappa shape index (κ3) is 5.44. The van der Waals surface area contributed by atoms with Crippen LogP contribution >= 0.6 is 46.4 Å². The molecule has 3 rings (SSSR count). The number of hydrogen-bond donors (Lipinski definition) is 1. The maximum absolute atomic E-state index is 15.0. The number of carbonyl (C=O) groups excluding carboxylic acids is 1. The van der Waals surface area contributed by atoms with E-state index in [0.717, 1.165) is 0 Å². The Hall–Kier alpha value is -2.03. The van der Waals surface area contributed by atoms with Gasteiger partial charge in [0, 0.05) is 20.6 Å². The van der Waals surface area contributed by atoms with Gasteiger partial charge < -0.3 is 5.32 Å². The lowest BCUT2D eigenvalue weighted by atomic mass is 10.1. The summed E-state index contributed by atoms with van der Waals surface area (Å²) < 4.78 is 42.8. The Bertz CT molecular complexity index is 1300. The lowest BCUT2D eigenvalue weighted by Crippen LogP contribution is -2.49. The van der Waals surface area contributed by atoms with E-state index in [1.54, 1.807) is 25.1 Å². The fourth-order valence-electron chi connectivity index (χ4n) is 3.37. The summed E-state index contributed by atoms with van der Waals surface area (Å²) in [5.74, 6) is -1.69. The second-order valence-corrected chi connectivity index (χ2v) is 10.8. The Labute approximate surface area is 217 Å². The van der Waals surface area contributed by atoms with Gasteiger partial charge in [-0.25, -0.2) is 12.8 Å². The van der Waals surface area contributed by atoms with Crippen molar-refractivity contribution in [3.8, 4) is 0 Å².